The van der Waals surface area contributed by atoms with Gasteiger partial charge in [0.25, 0.3) is 0 Å². The van der Waals surface area contributed by atoms with Crippen molar-refractivity contribution >= 4 is 9.84 Å². The van der Waals surface area contributed by atoms with Gasteiger partial charge in [-0.1, -0.05) is 31.2 Å². The van der Waals surface area contributed by atoms with E-state index >= 15 is 0 Å². The molecule has 5 nitrogen and oxygen atoms in total. The average molecular weight is 404 g/mol. The molecule has 1 aliphatic rings. The number of sulfone groups is 1. The third-order valence-corrected chi connectivity index (χ3v) is 7.32. The van der Waals surface area contributed by atoms with Gasteiger partial charge in [0.1, 0.15) is 5.75 Å². The first-order valence-electron chi connectivity index (χ1n) is 9.87. The molecule has 0 amide bonds. The highest BCUT2D eigenvalue weighted by Gasteiger charge is 2.28. The largest absolute Gasteiger partial charge is 0.508 e. The lowest BCUT2D eigenvalue weighted by atomic mass is 9.87. The van der Waals surface area contributed by atoms with E-state index < -0.39 is 15.9 Å². The molecule has 0 aliphatic carbocycles. The SMILES string of the molecule is CCc1ccc(C[C@H]2CCN(CCS(=O)(=O)c3ccc(O)cc3)C[C@H]2O)cc1. The Balaban J connectivity index is 1.51. The molecule has 6 heteroatoms. The average Bonchev–Trinajstić information content (AvgIpc) is 2.69. The molecule has 0 bridgehead atoms. The van der Waals surface area contributed by atoms with Crippen molar-refractivity contribution in [2.45, 2.75) is 37.2 Å². The fourth-order valence-electron chi connectivity index (χ4n) is 3.72. The minimum atomic E-state index is -3.40. The van der Waals surface area contributed by atoms with E-state index in [0.29, 0.717) is 13.1 Å². The number of aliphatic hydroxyl groups excluding tert-OH is 1. The molecule has 1 fully saturated rings. The summed E-state index contributed by atoms with van der Waals surface area (Å²) in [5.41, 5.74) is 2.55. The number of β-amino-alcohol motifs (C(OH)–C–C–N with tert-alkyl or cyclic N) is 1. The highest BCUT2D eigenvalue weighted by Crippen LogP contribution is 2.23. The summed E-state index contributed by atoms with van der Waals surface area (Å²) in [5, 5.41) is 19.9. The zero-order chi connectivity index (χ0) is 20.1. The summed E-state index contributed by atoms with van der Waals surface area (Å²) >= 11 is 0. The molecule has 2 aromatic carbocycles. The quantitative estimate of drug-likeness (QED) is 0.743. The Morgan fingerprint density at radius 1 is 1.04 bits per heavy atom. The molecule has 28 heavy (non-hydrogen) atoms. The molecule has 2 atom stereocenters. The Kier molecular flexibility index (Phi) is 6.75. The van der Waals surface area contributed by atoms with Crippen LogP contribution in [-0.4, -0.2) is 55.0 Å². The maximum absolute atomic E-state index is 12.5. The maximum atomic E-state index is 12.5. The van der Waals surface area contributed by atoms with Crippen LogP contribution in [0.25, 0.3) is 0 Å². The number of benzene rings is 2. The van der Waals surface area contributed by atoms with Crippen LogP contribution in [0.2, 0.25) is 0 Å². The molecule has 1 heterocycles. The van der Waals surface area contributed by atoms with Gasteiger partial charge < -0.3 is 10.2 Å². The van der Waals surface area contributed by atoms with E-state index in [1.165, 1.54) is 35.4 Å². The van der Waals surface area contributed by atoms with E-state index in [4.69, 9.17) is 0 Å². The van der Waals surface area contributed by atoms with E-state index in [1.807, 2.05) is 4.90 Å². The topological polar surface area (TPSA) is 77.8 Å². The summed E-state index contributed by atoms with van der Waals surface area (Å²) in [7, 11) is -3.40. The Labute approximate surface area is 167 Å². The first kappa shape index (κ1) is 20.8. The summed E-state index contributed by atoms with van der Waals surface area (Å²) in [6, 6.07) is 14.2. The van der Waals surface area contributed by atoms with Crippen molar-refractivity contribution in [2.24, 2.45) is 5.92 Å². The van der Waals surface area contributed by atoms with Gasteiger partial charge >= 0.3 is 0 Å². The zero-order valence-corrected chi connectivity index (χ0v) is 17.1. The van der Waals surface area contributed by atoms with Gasteiger partial charge in [0, 0.05) is 13.1 Å². The van der Waals surface area contributed by atoms with Crippen LogP contribution in [0, 0.1) is 5.92 Å². The summed E-state index contributed by atoms with van der Waals surface area (Å²) in [5.74, 6) is 0.263. The van der Waals surface area contributed by atoms with Crippen molar-refractivity contribution in [3.63, 3.8) is 0 Å². The fraction of sp³-hybridized carbons (Fsp3) is 0.455. The first-order chi connectivity index (χ1) is 13.4. The molecule has 1 aliphatic heterocycles. The number of phenolic OH excluding ortho intramolecular Hbond substituents is 1. The lowest BCUT2D eigenvalue weighted by molar-refractivity contribution is 0.0245. The molecule has 0 saturated carbocycles. The summed E-state index contributed by atoms with van der Waals surface area (Å²) in [6.45, 7) is 3.83. The van der Waals surface area contributed by atoms with Gasteiger partial charge in [0.2, 0.25) is 0 Å². The summed E-state index contributed by atoms with van der Waals surface area (Å²) in [6.07, 6.45) is 2.28. The van der Waals surface area contributed by atoms with E-state index in [-0.39, 0.29) is 22.3 Å². The van der Waals surface area contributed by atoms with Crippen molar-refractivity contribution < 1.29 is 18.6 Å². The molecule has 0 unspecified atom stereocenters. The Hall–Kier alpha value is -1.89. The number of nitrogens with zero attached hydrogens (tertiary/aromatic N) is 1. The summed E-state index contributed by atoms with van der Waals surface area (Å²) in [4.78, 5) is 2.25. The van der Waals surface area contributed by atoms with Gasteiger partial charge in [-0.15, -0.1) is 0 Å². The van der Waals surface area contributed by atoms with Crippen molar-refractivity contribution in [3.8, 4) is 5.75 Å². The number of aryl methyl sites for hydroxylation is 1. The number of aromatic hydroxyl groups is 1. The number of hydrogen-bond donors (Lipinski definition) is 2. The standard InChI is InChI=1S/C22H29NO4S/c1-2-17-3-5-18(6-4-17)15-19-11-12-23(16-22(19)25)13-14-28(26,27)21-9-7-20(24)8-10-21/h3-10,19,22,24-25H,2,11-16H2,1H3/t19-,22-/m1/s1. The fourth-order valence-corrected chi connectivity index (χ4v) is 5.01. The minimum absolute atomic E-state index is 0.00758. The minimum Gasteiger partial charge on any atom is -0.508 e. The molecule has 2 N–H and O–H groups in total. The Morgan fingerprint density at radius 2 is 1.68 bits per heavy atom. The zero-order valence-electron chi connectivity index (χ0n) is 16.3. The highest BCUT2D eigenvalue weighted by molar-refractivity contribution is 7.91. The van der Waals surface area contributed by atoms with Crippen LogP contribution < -0.4 is 0 Å². The van der Waals surface area contributed by atoms with Crippen molar-refractivity contribution in [2.75, 3.05) is 25.4 Å². The lowest BCUT2D eigenvalue weighted by Gasteiger charge is -2.36. The van der Waals surface area contributed by atoms with E-state index in [1.54, 1.807) is 0 Å². The number of likely N-dealkylation sites (tertiary alicyclic amines) is 1. The Morgan fingerprint density at radius 3 is 2.29 bits per heavy atom. The van der Waals surface area contributed by atoms with Crippen LogP contribution in [0.3, 0.4) is 0 Å². The van der Waals surface area contributed by atoms with E-state index in [0.717, 1.165) is 25.8 Å². The predicted molar refractivity (Wildman–Crippen MR) is 110 cm³/mol. The van der Waals surface area contributed by atoms with Gasteiger partial charge in [-0.2, -0.15) is 0 Å². The van der Waals surface area contributed by atoms with E-state index in [2.05, 4.69) is 31.2 Å². The molecule has 0 spiro atoms. The number of piperidine rings is 1. The predicted octanol–water partition coefficient (Wildman–Crippen LogP) is 2.65. The maximum Gasteiger partial charge on any atom is 0.179 e. The van der Waals surface area contributed by atoms with Gasteiger partial charge in [-0.25, -0.2) is 8.42 Å². The van der Waals surface area contributed by atoms with Crippen LogP contribution in [0.15, 0.2) is 53.4 Å². The van der Waals surface area contributed by atoms with Crippen LogP contribution in [0.5, 0.6) is 5.75 Å². The van der Waals surface area contributed by atoms with Gasteiger partial charge in [-0.05, 0) is 67.1 Å². The van der Waals surface area contributed by atoms with Crippen molar-refractivity contribution in [1.82, 2.24) is 4.90 Å². The van der Waals surface area contributed by atoms with E-state index in [9.17, 15) is 18.6 Å². The molecule has 0 aromatic heterocycles. The number of aliphatic hydroxyl groups is 1. The molecule has 0 radical (unpaired) electrons. The molecule has 152 valence electrons. The molecule has 2 aromatic rings. The van der Waals surface area contributed by atoms with Crippen molar-refractivity contribution in [3.05, 3.63) is 59.7 Å². The second-order valence-corrected chi connectivity index (χ2v) is 9.71. The van der Waals surface area contributed by atoms with Gasteiger partial charge in [-0.3, -0.25) is 4.90 Å². The lowest BCUT2D eigenvalue weighted by Crippen LogP contribution is -2.46. The third-order valence-electron chi connectivity index (χ3n) is 5.61. The smallest absolute Gasteiger partial charge is 0.179 e. The molecular weight excluding hydrogens is 374 g/mol. The van der Waals surface area contributed by atoms with Crippen LogP contribution in [0.1, 0.15) is 24.5 Å². The van der Waals surface area contributed by atoms with Gasteiger partial charge in [0.15, 0.2) is 9.84 Å². The number of phenols is 1. The Bertz CT molecular complexity index is 862. The van der Waals surface area contributed by atoms with Crippen LogP contribution in [0.4, 0.5) is 0 Å². The second kappa shape index (κ2) is 9.07. The third kappa shape index (κ3) is 5.34. The second-order valence-electron chi connectivity index (χ2n) is 7.60. The highest BCUT2D eigenvalue weighted by atomic mass is 32.2. The monoisotopic (exact) mass is 403 g/mol. The van der Waals surface area contributed by atoms with Gasteiger partial charge in [0.05, 0.1) is 16.8 Å². The molecular formula is C22H29NO4S. The number of rotatable bonds is 7. The number of hydrogen-bond acceptors (Lipinski definition) is 5. The van der Waals surface area contributed by atoms with Crippen LogP contribution in [-0.2, 0) is 22.7 Å². The summed E-state index contributed by atoms with van der Waals surface area (Å²) < 4.78 is 24.9. The normalized spacial score (nSPS) is 20.9. The van der Waals surface area contributed by atoms with Crippen molar-refractivity contribution in [1.29, 1.82) is 0 Å². The van der Waals surface area contributed by atoms with Crippen LogP contribution >= 0.6 is 0 Å². The molecule has 3 rings (SSSR count). The molecule has 1 saturated heterocycles. The first-order valence-corrected chi connectivity index (χ1v) is 11.5.